The van der Waals surface area contributed by atoms with Gasteiger partial charge in [-0.05, 0) is 24.6 Å². The SMILES string of the molecule is Cl.[2H]C([2H])([2H])CCS(=O)(=O)c1ccc2nc(N)[nH]c2c1. The molecule has 0 saturated carbocycles. The van der Waals surface area contributed by atoms with Crippen molar-refractivity contribution in [3.63, 3.8) is 0 Å². The molecule has 7 heteroatoms. The fourth-order valence-electron chi connectivity index (χ4n) is 1.45. The zero-order valence-corrected chi connectivity index (χ0v) is 10.4. The van der Waals surface area contributed by atoms with Crippen LogP contribution in [0, 0.1) is 0 Å². The third-order valence-electron chi connectivity index (χ3n) is 2.20. The average molecular weight is 279 g/mol. The summed E-state index contributed by atoms with van der Waals surface area (Å²) in [5.74, 6) is -0.217. The van der Waals surface area contributed by atoms with Crippen molar-refractivity contribution in [1.82, 2.24) is 9.97 Å². The van der Waals surface area contributed by atoms with Gasteiger partial charge in [-0.25, -0.2) is 13.4 Å². The van der Waals surface area contributed by atoms with E-state index in [1.807, 2.05) is 0 Å². The highest BCUT2D eigenvalue weighted by Gasteiger charge is 2.14. The number of nitrogens with zero attached hydrogens (tertiary/aromatic N) is 1. The predicted molar refractivity (Wildman–Crippen MR) is 70.1 cm³/mol. The molecule has 5 nitrogen and oxygen atoms in total. The largest absolute Gasteiger partial charge is 0.369 e. The van der Waals surface area contributed by atoms with Gasteiger partial charge in [0, 0.05) is 4.11 Å². The van der Waals surface area contributed by atoms with E-state index in [4.69, 9.17) is 9.85 Å². The topological polar surface area (TPSA) is 88.8 Å². The summed E-state index contributed by atoms with van der Waals surface area (Å²) in [6.07, 6.45) is -0.377. The van der Waals surface area contributed by atoms with E-state index in [1.54, 1.807) is 0 Å². The smallest absolute Gasteiger partial charge is 0.198 e. The summed E-state index contributed by atoms with van der Waals surface area (Å²) in [4.78, 5) is 6.76. The van der Waals surface area contributed by atoms with Crippen LogP contribution in [0.2, 0.25) is 0 Å². The maximum atomic E-state index is 12.0. The van der Waals surface area contributed by atoms with Crippen molar-refractivity contribution in [3.05, 3.63) is 18.2 Å². The van der Waals surface area contributed by atoms with Gasteiger partial charge < -0.3 is 10.7 Å². The van der Waals surface area contributed by atoms with E-state index < -0.39 is 22.4 Å². The second-order valence-corrected chi connectivity index (χ2v) is 5.48. The Hall–Kier alpha value is -1.27. The van der Waals surface area contributed by atoms with Gasteiger partial charge in [0.05, 0.1) is 21.7 Å². The van der Waals surface area contributed by atoms with Crippen molar-refractivity contribution in [3.8, 4) is 0 Å². The molecule has 0 aliphatic heterocycles. The summed E-state index contributed by atoms with van der Waals surface area (Å²) in [5, 5.41) is 0. The molecular weight excluding hydrogens is 262 g/mol. The molecule has 0 saturated heterocycles. The number of imidazole rings is 1. The first kappa shape index (κ1) is 9.73. The number of fused-ring (bicyclic) bond motifs is 1. The standard InChI is InChI=1S/C10H13N3O2S.ClH/c1-2-5-16(14,15)7-3-4-8-9(6-7)13-10(11)12-8;/h3-4,6H,2,5H2,1H3,(H3,11,12,13);1H/i1D3;. The minimum Gasteiger partial charge on any atom is -0.369 e. The highest BCUT2D eigenvalue weighted by atomic mass is 35.5. The highest BCUT2D eigenvalue weighted by Crippen LogP contribution is 2.19. The minimum absolute atomic E-state index is 0. The Labute approximate surface area is 110 Å². The molecule has 1 aromatic heterocycles. The van der Waals surface area contributed by atoms with Gasteiger partial charge in [0.2, 0.25) is 0 Å². The predicted octanol–water partition coefficient (Wildman–Crippen LogP) is 1.75. The van der Waals surface area contributed by atoms with E-state index in [0.717, 1.165) is 0 Å². The highest BCUT2D eigenvalue weighted by molar-refractivity contribution is 7.91. The van der Waals surface area contributed by atoms with Gasteiger partial charge in [0.15, 0.2) is 15.8 Å². The van der Waals surface area contributed by atoms with Crippen molar-refractivity contribution < 1.29 is 12.5 Å². The van der Waals surface area contributed by atoms with E-state index in [2.05, 4.69) is 9.97 Å². The summed E-state index contributed by atoms with van der Waals surface area (Å²) in [5.41, 5.74) is 6.54. The molecule has 1 heterocycles. The number of hydrogen-bond donors (Lipinski definition) is 2. The fourth-order valence-corrected chi connectivity index (χ4v) is 2.53. The Morgan fingerprint density at radius 3 is 3.00 bits per heavy atom. The lowest BCUT2D eigenvalue weighted by atomic mass is 10.3. The molecule has 1 aromatic carbocycles. The van der Waals surface area contributed by atoms with Gasteiger partial charge in [-0.2, -0.15) is 0 Å². The number of nitrogen functional groups attached to an aromatic ring is 1. The molecule has 94 valence electrons. The second-order valence-electron chi connectivity index (χ2n) is 3.37. The quantitative estimate of drug-likeness (QED) is 0.895. The number of halogens is 1. The lowest BCUT2D eigenvalue weighted by Crippen LogP contribution is -2.05. The van der Waals surface area contributed by atoms with Crippen LogP contribution in [0.3, 0.4) is 0 Å². The molecule has 2 aromatic rings. The first-order valence-corrected chi connectivity index (χ1v) is 6.31. The van der Waals surface area contributed by atoms with Crippen LogP contribution in [0.15, 0.2) is 23.1 Å². The Bertz CT molecular complexity index is 712. The van der Waals surface area contributed by atoms with E-state index >= 15 is 0 Å². The van der Waals surface area contributed by atoms with Crippen LogP contribution in [0.4, 0.5) is 5.95 Å². The van der Waals surface area contributed by atoms with Crippen LogP contribution in [0.1, 0.15) is 17.4 Å². The number of sulfone groups is 1. The third kappa shape index (κ3) is 2.70. The lowest BCUT2D eigenvalue weighted by molar-refractivity contribution is 0.595. The Balaban J connectivity index is 0.00000200. The molecule has 0 atom stereocenters. The number of aromatic nitrogens is 2. The maximum Gasteiger partial charge on any atom is 0.198 e. The minimum atomic E-state index is -3.62. The van der Waals surface area contributed by atoms with Crippen molar-refractivity contribution in [2.75, 3.05) is 11.5 Å². The van der Waals surface area contributed by atoms with Gasteiger partial charge in [-0.1, -0.05) is 6.85 Å². The van der Waals surface area contributed by atoms with Crippen LogP contribution in [0.5, 0.6) is 0 Å². The van der Waals surface area contributed by atoms with Crippen molar-refractivity contribution >= 4 is 39.2 Å². The first-order valence-electron chi connectivity index (χ1n) is 6.15. The van der Waals surface area contributed by atoms with Crippen molar-refractivity contribution in [2.24, 2.45) is 0 Å². The fraction of sp³-hybridized carbons (Fsp3) is 0.300. The maximum absolute atomic E-state index is 12.0. The molecule has 0 amide bonds. The van der Waals surface area contributed by atoms with Crippen molar-refractivity contribution in [1.29, 1.82) is 0 Å². The number of benzene rings is 1. The number of H-pyrrole nitrogens is 1. The molecule has 17 heavy (non-hydrogen) atoms. The lowest BCUT2D eigenvalue weighted by Gasteiger charge is -2.01. The Morgan fingerprint density at radius 2 is 2.29 bits per heavy atom. The molecule has 0 fully saturated rings. The van der Waals surface area contributed by atoms with Gasteiger partial charge >= 0.3 is 0 Å². The van der Waals surface area contributed by atoms with Crippen molar-refractivity contribution in [2.45, 2.75) is 18.2 Å². The number of hydrogen-bond acceptors (Lipinski definition) is 4. The van der Waals surface area contributed by atoms with E-state index in [1.165, 1.54) is 18.2 Å². The normalized spacial score (nSPS) is 14.7. The molecule has 0 spiro atoms. The van der Waals surface area contributed by atoms with Crippen LogP contribution < -0.4 is 5.73 Å². The molecule has 0 aliphatic carbocycles. The molecule has 0 unspecified atom stereocenters. The first-order chi connectivity index (χ1) is 8.67. The van der Waals surface area contributed by atoms with Gasteiger partial charge in [0.25, 0.3) is 0 Å². The van der Waals surface area contributed by atoms with E-state index in [0.29, 0.717) is 11.0 Å². The molecule has 0 aliphatic rings. The second kappa shape index (κ2) is 4.93. The number of nitrogens with one attached hydrogen (secondary N) is 1. The number of anilines is 1. The number of rotatable bonds is 3. The molecule has 0 radical (unpaired) electrons. The summed E-state index contributed by atoms with van der Waals surface area (Å²) in [6, 6.07) is 4.34. The molecule has 2 rings (SSSR count). The van der Waals surface area contributed by atoms with E-state index in [9.17, 15) is 8.42 Å². The summed E-state index contributed by atoms with van der Waals surface area (Å²) in [6.45, 7) is -2.25. The monoisotopic (exact) mass is 278 g/mol. The average Bonchev–Trinajstić information content (AvgIpc) is 2.64. The molecule has 3 N–H and O–H groups in total. The van der Waals surface area contributed by atoms with Gasteiger partial charge in [-0.15, -0.1) is 12.4 Å². The van der Waals surface area contributed by atoms with E-state index in [-0.39, 0.29) is 29.7 Å². The molecular formula is C10H14ClN3O2S. The number of aromatic amines is 1. The van der Waals surface area contributed by atoms with Crippen LogP contribution in [0.25, 0.3) is 11.0 Å². The zero-order valence-electron chi connectivity index (χ0n) is 11.8. The van der Waals surface area contributed by atoms with Crippen LogP contribution in [-0.4, -0.2) is 24.1 Å². The Morgan fingerprint density at radius 1 is 1.53 bits per heavy atom. The summed E-state index contributed by atoms with van der Waals surface area (Å²) >= 11 is 0. The molecule has 0 bridgehead atoms. The summed E-state index contributed by atoms with van der Waals surface area (Å²) in [7, 11) is -3.62. The third-order valence-corrected chi connectivity index (χ3v) is 3.92. The number of nitrogens with two attached hydrogens (primary N) is 1. The van der Waals surface area contributed by atoms with Crippen LogP contribution in [-0.2, 0) is 9.84 Å². The van der Waals surface area contributed by atoms with Crippen LogP contribution >= 0.6 is 12.4 Å². The van der Waals surface area contributed by atoms with Gasteiger partial charge in [-0.3, -0.25) is 0 Å². The summed E-state index contributed by atoms with van der Waals surface area (Å²) < 4.78 is 45.2. The zero-order chi connectivity index (χ0) is 14.3. The Kier molecular flexibility index (Phi) is 2.82. The van der Waals surface area contributed by atoms with Gasteiger partial charge in [0.1, 0.15) is 0 Å².